The van der Waals surface area contributed by atoms with Crippen LogP contribution in [0.4, 0.5) is 0 Å². The molecule has 0 aliphatic carbocycles. The van der Waals surface area contributed by atoms with E-state index in [4.69, 9.17) is 0 Å². The fourth-order valence-corrected chi connectivity index (χ4v) is 1.38. The van der Waals surface area contributed by atoms with Crippen LogP contribution >= 0.6 is 0 Å². The molecule has 0 N–H and O–H groups in total. The van der Waals surface area contributed by atoms with Gasteiger partial charge in [0.25, 0.3) is 0 Å². The highest BCUT2D eigenvalue weighted by Crippen LogP contribution is 2.14. The van der Waals surface area contributed by atoms with E-state index in [9.17, 15) is 0 Å². The fraction of sp³-hybridized carbons (Fsp3) is 0.909. The summed E-state index contributed by atoms with van der Waals surface area (Å²) in [6, 6.07) is 0. The Morgan fingerprint density at radius 2 is 1.92 bits per heavy atom. The van der Waals surface area contributed by atoms with Crippen LogP contribution in [0, 0.1) is 5.92 Å². The van der Waals surface area contributed by atoms with Gasteiger partial charge in [-0.1, -0.05) is 39.5 Å². The van der Waals surface area contributed by atoms with E-state index in [1.165, 1.54) is 32.1 Å². The van der Waals surface area contributed by atoms with Gasteiger partial charge in [-0.3, -0.25) is 0 Å². The molecule has 12 heavy (non-hydrogen) atoms. The minimum absolute atomic E-state index is 0.912. The van der Waals surface area contributed by atoms with Gasteiger partial charge in [-0.25, -0.2) is 0 Å². The molecule has 0 rings (SSSR count). The van der Waals surface area contributed by atoms with Gasteiger partial charge in [-0.2, -0.15) is 0 Å². The molecule has 1 heteroatoms. The summed E-state index contributed by atoms with van der Waals surface area (Å²) in [5.41, 5.74) is 0. The Morgan fingerprint density at radius 1 is 1.25 bits per heavy atom. The van der Waals surface area contributed by atoms with Crippen LogP contribution in [0.25, 0.3) is 0 Å². The normalized spacial score (nSPS) is 13.9. The van der Waals surface area contributed by atoms with Crippen LogP contribution in [0.15, 0.2) is 4.99 Å². The first-order valence-electron chi connectivity index (χ1n) is 5.21. The maximum Gasteiger partial charge on any atom is 0.0273 e. The zero-order valence-electron chi connectivity index (χ0n) is 8.84. The summed E-state index contributed by atoms with van der Waals surface area (Å²) in [6.07, 6.45) is 9.98. The summed E-state index contributed by atoms with van der Waals surface area (Å²) in [6.45, 7) is 4.62. The van der Waals surface area contributed by atoms with Crippen molar-refractivity contribution >= 4 is 6.21 Å². The molecule has 72 valence electrons. The maximum absolute atomic E-state index is 3.97. The predicted octanol–water partition coefficient (Wildman–Crippen LogP) is 3.68. The van der Waals surface area contributed by atoms with E-state index in [1.807, 2.05) is 13.3 Å². The van der Waals surface area contributed by atoms with Crippen molar-refractivity contribution in [2.24, 2.45) is 10.9 Å². The second kappa shape index (κ2) is 8.76. The first kappa shape index (κ1) is 11.7. The average molecular weight is 169 g/mol. The molecule has 1 nitrogen and oxygen atoms in total. The van der Waals surface area contributed by atoms with Crippen molar-refractivity contribution in [2.75, 3.05) is 7.05 Å². The van der Waals surface area contributed by atoms with Gasteiger partial charge < -0.3 is 4.99 Å². The molecular weight excluding hydrogens is 146 g/mol. The Balaban J connectivity index is 3.13. The van der Waals surface area contributed by atoms with E-state index < -0.39 is 0 Å². The summed E-state index contributed by atoms with van der Waals surface area (Å²) < 4.78 is 0. The lowest BCUT2D eigenvalue weighted by molar-refractivity contribution is 0.462. The van der Waals surface area contributed by atoms with Gasteiger partial charge in [0.2, 0.25) is 0 Å². The van der Waals surface area contributed by atoms with Crippen LogP contribution in [0.3, 0.4) is 0 Å². The van der Waals surface area contributed by atoms with Gasteiger partial charge in [0.15, 0.2) is 0 Å². The minimum atomic E-state index is 0.912. The molecule has 0 saturated heterocycles. The lowest BCUT2D eigenvalue weighted by Gasteiger charge is -2.08. The van der Waals surface area contributed by atoms with Crippen molar-refractivity contribution < 1.29 is 0 Å². The fourth-order valence-electron chi connectivity index (χ4n) is 1.38. The van der Waals surface area contributed by atoms with Gasteiger partial charge in [-0.15, -0.1) is 0 Å². The molecule has 1 atom stereocenters. The van der Waals surface area contributed by atoms with Gasteiger partial charge in [0, 0.05) is 7.05 Å². The third kappa shape index (κ3) is 7.77. The summed E-state index contributed by atoms with van der Waals surface area (Å²) in [5, 5.41) is 0. The van der Waals surface area contributed by atoms with Crippen molar-refractivity contribution in [1.29, 1.82) is 0 Å². The average Bonchev–Trinajstić information content (AvgIpc) is 2.09. The molecule has 0 aromatic heterocycles. The number of hydrogen-bond acceptors (Lipinski definition) is 1. The summed E-state index contributed by atoms with van der Waals surface area (Å²) in [7, 11) is 1.85. The second-order valence-electron chi connectivity index (χ2n) is 3.62. The Hall–Kier alpha value is -0.330. The Labute approximate surface area is 77.3 Å². The van der Waals surface area contributed by atoms with Gasteiger partial charge >= 0.3 is 0 Å². The molecule has 0 fully saturated rings. The molecule has 0 radical (unpaired) electrons. The highest BCUT2D eigenvalue weighted by molar-refractivity contribution is 5.56. The van der Waals surface area contributed by atoms with Crippen LogP contribution in [0.1, 0.15) is 52.4 Å². The second-order valence-corrected chi connectivity index (χ2v) is 3.62. The molecule has 0 bridgehead atoms. The lowest BCUT2D eigenvalue weighted by atomic mass is 9.98. The Kier molecular flexibility index (Phi) is 8.52. The smallest absolute Gasteiger partial charge is 0.0273 e. The molecule has 0 aliphatic rings. The molecule has 1 unspecified atom stereocenters. The first-order chi connectivity index (χ1) is 5.81. The number of unbranched alkanes of at least 4 members (excludes halogenated alkanes) is 2. The number of hydrogen-bond donors (Lipinski definition) is 0. The lowest BCUT2D eigenvalue weighted by Crippen LogP contribution is -1.94. The highest BCUT2D eigenvalue weighted by atomic mass is 14.6. The molecule has 0 amide bonds. The molecular formula is C11H23N. The van der Waals surface area contributed by atoms with Crippen molar-refractivity contribution in [3.63, 3.8) is 0 Å². The summed E-state index contributed by atoms with van der Waals surface area (Å²) >= 11 is 0. The third-order valence-electron chi connectivity index (χ3n) is 2.26. The van der Waals surface area contributed by atoms with E-state index in [-0.39, 0.29) is 0 Å². The molecule has 0 saturated carbocycles. The van der Waals surface area contributed by atoms with Crippen molar-refractivity contribution in [3.8, 4) is 0 Å². The van der Waals surface area contributed by atoms with E-state index in [2.05, 4.69) is 18.8 Å². The minimum Gasteiger partial charge on any atom is -0.301 e. The van der Waals surface area contributed by atoms with Crippen LogP contribution in [0.5, 0.6) is 0 Å². The summed E-state index contributed by atoms with van der Waals surface area (Å²) in [4.78, 5) is 3.97. The molecule has 0 aromatic carbocycles. The standard InChI is InChI=1S/C11H23N/c1-4-5-8-11(2)9-6-7-10-12-3/h10-11H,4-9H2,1-3H3. The van der Waals surface area contributed by atoms with Crippen molar-refractivity contribution in [3.05, 3.63) is 0 Å². The molecule has 0 spiro atoms. The SMILES string of the molecule is CCCCC(C)CCCC=NC. The van der Waals surface area contributed by atoms with Gasteiger partial charge in [0.05, 0.1) is 0 Å². The molecule has 0 aromatic rings. The largest absolute Gasteiger partial charge is 0.301 e. The topological polar surface area (TPSA) is 12.4 Å². The van der Waals surface area contributed by atoms with Crippen LogP contribution in [0.2, 0.25) is 0 Å². The van der Waals surface area contributed by atoms with Crippen LogP contribution < -0.4 is 0 Å². The zero-order valence-corrected chi connectivity index (χ0v) is 8.84. The number of aliphatic imine (C=N–C) groups is 1. The molecule has 0 aliphatic heterocycles. The number of rotatable bonds is 7. The van der Waals surface area contributed by atoms with E-state index >= 15 is 0 Å². The Morgan fingerprint density at radius 3 is 2.50 bits per heavy atom. The first-order valence-corrected chi connectivity index (χ1v) is 5.21. The maximum atomic E-state index is 3.97. The zero-order chi connectivity index (χ0) is 9.23. The Bertz CT molecular complexity index is 108. The van der Waals surface area contributed by atoms with Crippen molar-refractivity contribution in [2.45, 2.75) is 52.4 Å². The van der Waals surface area contributed by atoms with Gasteiger partial charge in [0.1, 0.15) is 0 Å². The van der Waals surface area contributed by atoms with E-state index in [0.29, 0.717) is 0 Å². The predicted molar refractivity (Wildman–Crippen MR) is 57.0 cm³/mol. The quantitative estimate of drug-likeness (QED) is 0.407. The highest BCUT2D eigenvalue weighted by Gasteiger charge is 1.99. The summed E-state index contributed by atoms with van der Waals surface area (Å²) in [5.74, 6) is 0.912. The van der Waals surface area contributed by atoms with Crippen molar-refractivity contribution in [1.82, 2.24) is 0 Å². The van der Waals surface area contributed by atoms with E-state index in [0.717, 1.165) is 12.3 Å². The van der Waals surface area contributed by atoms with Crippen LogP contribution in [-0.2, 0) is 0 Å². The monoisotopic (exact) mass is 169 g/mol. The molecule has 0 heterocycles. The number of nitrogens with zero attached hydrogens (tertiary/aromatic N) is 1. The van der Waals surface area contributed by atoms with Crippen LogP contribution in [-0.4, -0.2) is 13.3 Å². The van der Waals surface area contributed by atoms with E-state index in [1.54, 1.807) is 0 Å². The third-order valence-corrected chi connectivity index (χ3v) is 2.26. The van der Waals surface area contributed by atoms with Gasteiger partial charge in [-0.05, 0) is 25.0 Å².